The van der Waals surface area contributed by atoms with E-state index in [1.807, 2.05) is 12.1 Å². The van der Waals surface area contributed by atoms with E-state index in [0.717, 1.165) is 35.9 Å². The Morgan fingerprint density at radius 1 is 1.24 bits per heavy atom. The first kappa shape index (κ1) is 13.9. The van der Waals surface area contributed by atoms with Crippen LogP contribution in [0.5, 0.6) is 5.75 Å². The molecule has 0 unspecified atom stereocenters. The number of nitrogens with zero attached hydrogens (tertiary/aromatic N) is 2. The van der Waals surface area contributed by atoms with Crippen LogP contribution >= 0.6 is 0 Å². The highest BCUT2D eigenvalue weighted by Gasteiger charge is 2.24. The number of nitrogen functional groups attached to an aromatic ring is 1. The second-order valence-electron chi connectivity index (χ2n) is 5.87. The molecule has 5 nitrogen and oxygen atoms in total. The number of ether oxygens (including phenoxy) is 1. The smallest absolute Gasteiger partial charge is 0.260 e. The van der Waals surface area contributed by atoms with Gasteiger partial charge in [-0.25, -0.2) is 0 Å². The maximum Gasteiger partial charge on any atom is 0.260 e. The quantitative estimate of drug-likeness (QED) is 0.873. The molecule has 2 N–H and O–H groups in total. The summed E-state index contributed by atoms with van der Waals surface area (Å²) in [5.41, 5.74) is 7.37. The van der Waals surface area contributed by atoms with E-state index in [9.17, 15) is 0 Å². The molecule has 2 aromatic rings. The predicted octanol–water partition coefficient (Wildman–Crippen LogP) is 3.62. The van der Waals surface area contributed by atoms with Crippen molar-refractivity contribution in [2.24, 2.45) is 5.92 Å². The third kappa shape index (κ3) is 2.86. The SMILES string of the molecule is COc1ccc(-c2nc(C3CCC(C)CC3)no2)c(N)c1. The second kappa shape index (κ2) is 5.76. The Morgan fingerprint density at radius 2 is 2.00 bits per heavy atom. The van der Waals surface area contributed by atoms with E-state index in [0.29, 0.717) is 17.5 Å². The monoisotopic (exact) mass is 287 g/mol. The first-order valence-electron chi connectivity index (χ1n) is 7.45. The molecule has 1 aliphatic rings. The van der Waals surface area contributed by atoms with Crippen LogP contribution < -0.4 is 10.5 Å². The molecule has 1 fully saturated rings. The molecule has 0 atom stereocenters. The van der Waals surface area contributed by atoms with Gasteiger partial charge in [-0.3, -0.25) is 0 Å². The fraction of sp³-hybridized carbons (Fsp3) is 0.500. The van der Waals surface area contributed by atoms with Gasteiger partial charge in [0.25, 0.3) is 5.89 Å². The third-order valence-electron chi connectivity index (χ3n) is 4.31. The number of benzene rings is 1. The van der Waals surface area contributed by atoms with Crippen molar-refractivity contribution in [2.75, 3.05) is 12.8 Å². The molecule has 0 aliphatic heterocycles. The average Bonchev–Trinajstić information content (AvgIpc) is 2.97. The lowest BCUT2D eigenvalue weighted by Crippen LogP contribution is -2.11. The third-order valence-corrected chi connectivity index (χ3v) is 4.31. The standard InChI is InChI=1S/C16H21N3O2/c1-10-3-5-11(6-4-10)15-18-16(21-19-15)13-8-7-12(20-2)9-14(13)17/h7-11H,3-6,17H2,1-2H3. The molecule has 0 spiro atoms. The van der Waals surface area contributed by atoms with E-state index in [-0.39, 0.29) is 0 Å². The fourth-order valence-corrected chi connectivity index (χ4v) is 2.89. The summed E-state index contributed by atoms with van der Waals surface area (Å²) in [7, 11) is 1.61. The molecule has 0 radical (unpaired) electrons. The minimum atomic E-state index is 0.415. The van der Waals surface area contributed by atoms with Crippen molar-refractivity contribution >= 4 is 5.69 Å². The van der Waals surface area contributed by atoms with Crippen molar-refractivity contribution in [1.29, 1.82) is 0 Å². The molecule has 1 aliphatic carbocycles. The summed E-state index contributed by atoms with van der Waals surface area (Å²) in [6.45, 7) is 2.30. The van der Waals surface area contributed by atoms with Crippen molar-refractivity contribution in [2.45, 2.75) is 38.5 Å². The Bertz CT molecular complexity index is 616. The number of anilines is 1. The van der Waals surface area contributed by atoms with Crippen LogP contribution in [0.1, 0.15) is 44.3 Å². The molecular weight excluding hydrogens is 266 g/mol. The minimum Gasteiger partial charge on any atom is -0.497 e. The van der Waals surface area contributed by atoms with Crippen LogP contribution in [0.25, 0.3) is 11.5 Å². The highest BCUT2D eigenvalue weighted by molar-refractivity contribution is 5.71. The number of hydrogen-bond donors (Lipinski definition) is 1. The average molecular weight is 287 g/mol. The lowest BCUT2D eigenvalue weighted by atomic mass is 9.83. The maximum atomic E-state index is 6.03. The van der Waals surface area contributed by atoms with Crippen molar-refractivity contribution in [3.05, 3.63) is 24.0 Å². The number of nitrogens with two attached hydrogens (primary N) is 1. The minimum absolute atomic E-state index is 0.415. The summed E-state index contributed by atoms with van der Waals surface area (Å²) in [5.74, 6) is 3.25. The van der Waals surface area contributed by atoms with Gasteiger partial charge in [-0.15, -0.1) is 0 Å². The van der Waals surface area contributed by atoms with E-state index in [1.54, 1.807) is 13.2 Å². The van der Waals surface area contributed by atoms with E-state index in [1.165, 1.54) is 12.8 Å². The topological polar surface area (TPSA) is 74.2 Å². The van der Waals surface area contributed by atoms with E-state index in [2.05, 4.69) is 17.1 Å². The van der Waals surface area contributed by atoms with Gasteiger partial charge in [0.05, 0.1) is 12.7 Å². The van der Waals surface area contributed by atoms with Gasteiger partial charge in [0.15, 0.2) is 5.82 Å². The van der Waals surface area contributed by atoms with Crippen LogP contribution in [0, 0.1) is 5.92 Å². The van der Waals surface area contributed by atoms with Crippen molar-refractivity contribution < 1.29 is 9.26 Å². The van der Waals surface area contributed by atoms with Gasteiger partial charge in [0.2, 0.25) is 0 Å². The van der Waals surface area contributed by atoms with Crippen molar-refractivity contribution in [3.8, 4) is 17.2 Å². The molecule has 1 heterocycles. The molecule has 112 valence electrons. The zero-order valence-electron chi connectivity index (χ0n) is 12.5. The van der Waals surface area contributed by atoms with Crippen LogP contribution in [-0.4, -0.2) is 17.3 Å². The molecule has 0 amide bonds. The van der Waals surface area contributed by atoms with Gasteiger partial charge < -0.3 is 15.0 Å². The van der Waals surface area contributed by atoms with Gasteiger partial charge in [-0.1, -0.05) is 24.9 Å². The number of aromatic nitrogens is 2. The Labute approximate surface area is 124 Å². The van der Waals surface area contributed by atoms with Crippen LogP contribution in [-0.2, 0) is 0 Å². The highest BCUT2D eigenvalue weighted by Crippen LogP contribution is 2.35. The predicted molar refractivity (Wildman–Crippen MR) is 81.1 cm³/mol. The largest absolute Gasteiger partial charge is 0.497 e. The van der Waals surface area contributed by atoms with E-state index >= 15 is 0 Å². The number of rotatable bonds is 3. The molecular formula is C16H21N3O2. The van der Waals surface area contributed by atoms with Crippen LogP contribution in [0.2, 0.25) is 0 Å². The van der Waals surface area contributed by atoms with Gasteiger partial charge in [-0.05, 0) is 30.9 Å². The lowest BCUT2D eigenvalue weighted by Gasteiger charge is -2.23. The summed E-state index contributed by atoms with van der Waals surface area (Å²) in [4.78, 5) is 4.55. The lowest BCUT2D eigenvalue weighted by molar-refractivity contribution is 0.329. The van der Waals surface area contributed by atoms with Gasteiger partial charge in [0.1, 0.15) is 5.75 Å². The summed E-state index contributed by atoms with van der Waals surface area (Å²) < 4.78 is 10.6. The molecule has 1 aromatic carbocycles. The first-order valence-corrected chi connectivity index (χ1v) is 7.45. The normalized spacial score (nSPS) is 22.2. The summed E-state index contributed by atoms with van der Waals surface area (Å²) in [6.07, 6.45) is 4.74. The number of hydrogen-bond acceptors (Lipinski definition) is 5. The van der Waals surface area contributed by atoms with Crippen molar-refractivity contribution in [3.63, 3.8) is 0 Å². The molecule has 3 rings (SSSR count). The molecule has 0 bridgehead atoms. The summed E-state index contributed by atoms with van der Waals surface area (Å²) in [5, 5.41) is 4.15. The zero-order chi connectivity index (χ0) is 14.8. The second-order valence-corrected chi connectivity index (χ2v) is 5.87. The molecule has 5 heteroatoms. The fourth-order valence-electron chi connectivity index (χ4n) is 2.89. The zero-order valence-corrected chi connectivity index (χ0v) is 12.5. The first-order chi connectivity index (χ1) is 10.2. The number of methoxy groups -OCH3 is 1. The van der Waals surface area contributed by atoms with Gasteiger partial charge >= 0.3 is 0 Å². The summed E-state index contributed by atoms with van der Waals surface area (Å²) >= 11 is 0. The van der Waals surface area contributed by atoms with E-state index in [4.69, 9.17) is 15.0 Å². The van der Waals surface area contributed by atoms with Gasteiger partial charge in [0, 0.05) is 17.7 Å². The van der Waals surface area contributed by atoms with Gasteiger partial charge in [-0.2, -0.15) is 4.98 Å². The Morgan fingerprint density at radius 3 is 2.67 bits per heavy atom. The summed E-state index contributed by atoms with van der Waals surface area (Å²) in [6, 6.07) is 5.47. The van der Waals surface area contributed by atoms with Crippen molar-refractivity contribution in [1.82, 2.24) is 10.1 Å². The Balaban J connectivity index is 1.81. The molecule has 0 saturated heterocycles. The maximum absolute atomic E-state index is 6.03. The molecule has 21 heavy (non-hydrogen) atoms. The Hall–Kier alpha value is -2.04. The Kier molecular flexibility index (Phi) is 3.82. The van der Waals surface area contributed by atoms with Crippen LogP contribution in [0.4, 0.5) is 5.69 Å². The highest BCUT2D eigenvalue weighted by atomic mass is 16.5. The van der Waals surface area contributed by atoms with E-state index < -0.39 is 0 Å². The molecule has 1 saturated carbocycles. The van der Waals surface area contributed by atoms with Crippen LogP contribution in [0.3, 0.4) is 0 Å². The molecule has 1 aromatic heterocycles. The van der Waals surface area contributed by atoms with Crippen LogP contribution in [0.15, 0.2) is 22.7 Å².